The Kier molecular flexibility index (Phi) is 3.15. The maximum Gasteiger partial charge on any atom is 0.235 e. The van der Waals surface area contributed by atoms with Gasteiger partial charge in [0.05, 0.1) is 0 Å². The van der Waals surface area contributed by atoms with E-state index in [1.807, 2.05) is 12.1 Å². The number of pyridine rings is 1. The standard InChI is InChI=1S/C14H8IN5S/c15-11-3-1-10(2-4-11)13-19-20-12(17-18-14(20)21-13)9-5-7-16-8-6-9/h1-8H. The first-order valence-corrected chi connectivity index (χ1v) is 8.09. The molecule has 102 valence electrons. The summed E-state index contributed by atoms with van der Waals surface area (Å²) >= 11 is 3.82. The van der Waals surface area contributed by atoms with Gasteiger partial charge in [-0.1, -0.05) is 23.5 Å². The van der Waals surface area contributed by atoms with E-state index in [1.54, 1.807) is 16.9 Å². The van der Waals surface area contributed by atoms with E-state index in [-0.39, 0.29) is 0 Å². The molecule has 3 aromatic heterocycles. The van der Waals surface area contributed by atoms with E-state index in [0.29, 0.717) is 0 Å². The number of aromatic nitrogens is 5. The molecule has 0 radical (unpaired) electrons. The molecule has 0 saturated carbocycles. The Morgan fingerprint density at radius 3 is 2.43 bits per heavy atom. The first-order chi connectivity index (χ1) is 10.3. The van der Waals surface area contributed by atoms with Crippen LogP contribution >= 0.6 is 33.9 Å². The fraction of sp³-hybridized carbons (Fsp3) is 0. The lowest BCUT2D eigenvalue weighted by Crippen LogP contribution is -1.91. The summed E-state index contributed by atoms with van der Waals surface area (Å²) in [6.45, 7) is 0. The highest BCUT2D eigenvalue weighted by molar-refractivity contribution is 14.1. The van der Waals surface area contributed by atoms with Gasteiger partial charge in [0, 0.05) is 27.1 Å². The minimum absolute atomic E-state index is 0.736. The normalized spacial score (nSPS) is 11.1. The minimum Gasteiger partial charge on any atom is -0.265 e. The summed E-state index contributed by atoms with van der Waals surface area (Å²) in [7, 11) is 0. The van der Waals surface area contributed by atoms with Gasteiger partial charge in [-0.05, 0) is 46.9 Å². The molecule has 5 nitrogen and oxygen atoms in total. The molecule has 0 aliphatic rings. The highest BCUT2D eigenvalue weighted by Crippen LogP contribution is 2.28. The van der Waals surface area contributed by atoms with Crippen molar-refractivity contribution in [3.63, 3.8) is 0 Å². The van der Waals surface area contributed by atoms with E-state index in [9.17, 15) is 0 Å². The summed E-state index contributed by atoms with van der Waals surface area (Å²) in [5.74, 6) is 0.736. The van der Waals surface area contributed by atoms with Crippen molar-refractivity contribution in [2.75, 3.05) is 0 Å². The predicted molar refractivity (Wildman–Crippen MR) is 90.0 cm³/mol. The van der Waals surface area contributed by atoms with Gasteiger partial charge in [0.25, 0.3) is 0 Å². The van der Waals surface area contributed by atoms with Gasteiger partial charge in [-0.15, -0.1) is 10.2 Å². The van der Waals surface area contributed by atoms with Crippen LogP contribution in [0.15, 0.2) is 48.8 Å². The zero-order valence-electron chi connectivity index (χ0n) is 10.6. The Morgan fingerprint density at radius 1 is 0.905 bits per heavy atom. The number of rotatable bonds is 2. The number of hydrogen-bond donors (Lipinski definition) is 0. The number of hydrogen-bond acceptors (Lipinski definition) is 5. The Labute approximate surface area is 137 Å². The third-order valence-electron chi connectivity index (χ3n) is 3.02. The minimum atomic E-state index is 0.736. The van der Waals surface area contributed by atoms with Crippen LogP contribution in [0.25, 0.3) is 26.9 Å². The Balaban J connectivity index is 1.84. The lowest BCUT2D eigenvalue weighted by atomic mass is 10.2. The van der Waals surface area contributed by atoms with Gasteiger partial charge in [0.2, 0.25) is 4.96 Å². The summed E-state index contributed by atoms with van der Waals surface area (Å²) in [4.78, 5) is 4.81. The second-order valence-corrected chi connectivity index (χ2v) is 6.57. The van der Waals surface area contributed by atoms with E-state index in [2.05, 4.69) is 67.1 Å². The van der Waals surface area contributed by atoms with Crippen molar-refractivity contribution in [1.82, 2.24) is 24.8 Å². The SMILES string of the molecule is Ic1ccc(-c2nn3c(-c4ccncc4)nnc3s2)cc1. The van der Waals surface area contributed by atoms with Crippen LogP contribution in [0, 0.1) is 3.57 Å². The molecule has 0 unspecified atom stereocenters. The van der Waals surface area contributed by atoms with E-state index in [1.165, 1.54) is 14.9 Å². The first kappa shape index (κ1) is 12.8. The molecule has 0 atom stereocenters. The fourth-order valence-corrected chi connectivity index (χ4v) is 3.21. The lowest BCUT2D eigenvalue weighted by Gasteiger charge is -1.96. The van der Waals surface area contributed by atoms with Crippen molar-refractivity contribution in [2.24, 2.45) is 0 Å². The van der Waals surface area contributed by atoms with E-state index < -0.39 is 0 Å². The molecule has 4 rings (SSSR count). The maximum absolute atomic E-state index is 4.64. The van der Waals surface area contributed by atoms with Gasteiger partial charge in [-0.3, -0.25) is 4.98 Å². The smallest absolute Gasteiger partial charge is 0.235 e. The summed E-state index contributed by atoms with van der Waals surface area (Å²) in [5, 5.41) is 14.0. The second-order valence-electron chi connectivity index (χ2n) is 4.37. The van der Waals surface area contributed by atoms with Gasteiger partial charge in [-0.2, -0.15) is 9.61 Å². The van der Waals surface area contributed by atoms with Gasteiger partial charge < -0.3 is 0 Å². The summed E-state index contributed by atoms with van der Waals surface area (Å²) in [6.07, 6.45) is 3.48. The molecule has 1 aromatic carbocycles. The number of halogens is 1. The highest BCUT2D eigenvalue weighted by atomic mass is 127. The summed E-state index contributed by atoms with van der Waals surface area (Å²) in [5.41, 5.74) is 2.04. The molecule has 4 aromatic rings. The van der Waals surface area contributed by atoms with Crippen molar-refractivity contribution in [3.8, 4) is 22.0 Å². The summed E-state index contributed by atoms with van der Waals surface area (Å²) in [6, 6.07) is 12.1. The highest BCUT2D eigenvalue weighted by Gasteiger charge is 2.14. The third kappa shape index (κ3) is 2.32. The second kappa shape index (κ2) is 5.15. The van der Waals surface area contributed by atoms with Gasteiger partial charge in [-0.25, -0.2) is 0 Å². The fourth-order valence-electron chi connectivity index (χ4n) is 2.01. The van der Waals surface area contributed by atoms with E-state index >= 15 is 0 Å². The van der Waals surface area contributed by atoms with Crippen LogP contribution < -0.4 is 0 Å². The van der Waals surface area contributed by atoms with Crippen LogP contribution in [0.3, 0.4) is 0 Å². The predicted octanol–water partition coefficient (Wildman–Crippen LogP) is 3.52. The number of fused-ring (bicyclic) bond motifs is 1. The van der Waals surface area contributed by atoms with Crippen LogP contribution in [-0.2, 0) is 0 Å². The monoisotopic (exact) mass is 405 g/mol. The average Bonchev–Trinajstić information content (AvgIpc) is 3.09. The molecule has 0 fully saturated rings. The van der Waals surface area contributed by atoms with Crippen molar-refractivity contribution in [1.29, 1.82) is 0 Å². The van der Waals surface area contributed by atoms with Gasteiger partial charge >= 0.3 is 0 Å². The van der Waals surface area contributed by atoms with Crippen LogP contribution in [0.1, 0.15) is 0 Å². The Morgan fingerprint density at radius 2 is 1.67 bits per heavy atom. The van der Waals surface area contributed by atoms with Crippen LogP contribution in [0.5, 0.6) is 0 Å². The van der Waals surface area contributed by atoms with Crippen molar-refractivity contribution >= 4 is 38.9 Å². The van der Waals surface area contributed by atoms with Crippen molar-refractivity contribution in [2.45, 2.75) is 0 Å². The molecule has 21 heavy (non-hydrogen) atoms. The lowest BCUT2D eigenvalue weighted by molar-refractivity contribution is 0.970. The molecule has 0 N–H and O–H groups in total. The van der Waals surface area contributed by atoms with Crippen LogP contribution in [0.4, 0.5) is 0 Å². The van der Waals surface area contributed by atoms with Gasteiger partial charge in [0.1, 0.15) is 5.01 Å². The number of benzene rings is 1. The molecule has 0 amide bonds. The quantitative estimate of drug-likeness (QED) is 0.479. The number of nitrogens with zero attached hydrogens (tertiary/aromatic N) is 5. The van der Waals surface area contributed by atoms with Gasteiger partial charge in [0.15, 0.2) is 5.82 Å². The zero-order valence-corrected chi connectivity index (χ0v) is 13.6. The Bertz CT molecular complexity index is 898. The van der Waals surface area contributed by atoms with E-state index in [0.717, 1.165) is 26.9 Å². The average molecular weight is 405 g/mol. The summed E-state index contributed by atoms with van der Waals surface area (Å²) < 4.78 is 2.99. The molecular formula is C14H8IN5S. The molecule has 0 aliphatic carbocycles. The molecule has 0 spiro atoms. The molecule has 7 heteroatoms. The van der Waals surface area contributed by atoms with Crippen molar-refractivity contribution in [3.05, 3.63) is 52.4 Å². The Hall–Kier alpha value is -1.87. The maximum atomic E-state index is 4.64. The third-order valence-corrected chi connectivity index (χ3v) is 4.69. The molecule has 0 bridgehead atoms. The van der Waals surface area contributed by atoms with Crippen LogP contribution in [-0.4, -0.2) is 24.8 Å². The van der Waals surface area contributed by atoms with Crippen molar-refractivity contribution < 1.29 is 0 Å². The van der Waals surface area contributed by atoms with E-state index in [4.69, 9.17) is 0 Å². The molecule has 0 aliphatic heterocycles. The van der Waals surface area contributed by atoms with Crippen LogP contribution in [0.2, 0.25) is 0 Å². The first-order valence-electron chi connectivity index (χ1n) is 6.20. The topological polar surface area (TPSA) is 56.0 Å². The molecular weight excluding hydrogens is 397 g/mol. The molecule has 0 saturated heterocycles. The zero-order chi connectivity index (χ0) is 14.2. The largest absolute Gasteiger partial charge is 0.265 e. The molecule has 3 heterocycles.